The molecule has 0 radical (unpaired) electrons. The number of ketones is 1. The van der Waals surface area contributed by atoms with E-state index in [0.29, 0.717) is 12.8 Å². The second-order valence-electron chi connectivity index (χ2n) is 3.07. The molecule has 0 aliphatic heterocycles. The van der Waals surface area contributed by atoms with E-state index in [2.05, 4.69) is 0 Å². The summed E-state index contributed by atoms with van der Waals surface area (Å²) in [5.41, 5.74) is 0. The van der Waals surface area contributed by atoms with Gasteiger partial charge in [0.15, 0.2) is 0 Å². The first-order valence-electron chi connectivity index (χ1n) is 3.90. The van der Waals surface area contributed by atoms with E-state index in [1.165, 1.54) is 0 Å². The van der Waals surface area contributed by atoms with Gasteiger partial charge in [0.05, 0.1) is 6.61 Å². The lowest BCUT2D eigenvalue weighted by Crippen LogP contribution is -2.24. The van der Waals surface area contributed by atoms with Gasteiger partial charge in [-0.2, -0.15) is 0 Å². The molecule has 0 aromatic heterocycles. The van der Waals surface area contributed by atoms with Crippen molar-refractivity contribution >= 4 is 5.78 Å². The summed E-state index contributed by atoms with van der Waals surface area (Å²) < 4.78 is 0. The van der Waals surface area contributed by atoms with Crippen LogP contribution in [-0.4, -0.2) is 29.0 Å². The van der Waals surface area contributed by atoms with Crippen molar-refractivity contribution in [1.82, 2.24) is 0 Å². The Balaban J connectivity index is 2.54. The Morgan fingerprint density at radius 3 is 2.83 bits per heavy atom. The third-order valence-electron chi connectivity index (χ3n) is 2.32. The molecule has 0 amide bonds. The Labute approximate surface area is 69.5 Å². The van der Waals surface area contributed by atoms with Crippen LogP contribution in [0.1, 0.15) is 12.8 Å². The molecule has 68 valence electrons. The molecule has 0 heterocycles. The van der Waals surface area contributed by atoms with E-state index >= 15 is 0 Å². The van der Waals surface area contributed by atoms with Crippen LogP contribution < -0.4 is 0 Å². The van der Waals surface area contributed by atoms with Gasteiger partial charge in [0.25, 0.3) is 0 Å². The predicted octanol–water partition coefficient (Wildman–Crippen LogP) is -0.149. The van der Waals surface area contributed by atoms with Crippen molar-refractivity contribution < 1.29 is 14.8 Å². The number of hydrogen-bond acceptors (Lipinski definition) is 4. The Morgan fingerprint density at radius 2 is 2.33 bits per heavy atom. The number of nitro groups is 1. The van der Waals surface area contributed by atoms with Gasteiger partial charge in [-0.05, 0) is 6.42 Å². The molecule has 0 aromatic rings. The van der Waals surface area contributed by atoms with Crippen LogP contribution in [0.25, 0.3) is 0 Å². The quantitative estimate of drug-likeness (QED) is 0.475. The molecule has 12 heavy (non-hydrogen) atoms. The molecule has 5 heteroatoms. The van der Waals surface area contributed by atoms with Crippen molar-refractivity contribution in [2.45, 2.75) is 12.8 Å². The Morgan fingerprint density at radius 1 is 1.67 bits per heavy atom. The van der Waals surface area contributed by atoms with Gasteiger partial charge in [0.1, 0.15) is 5.78 Å². The van der Waals surface area contributed by atoms with Crippen molar-refractivity contribution in [1.29, 1.82) is 0 Å². The summed E-state index contributed by atoms with van der Waals surface area (Å²) in [5, 5.41) is 18.9. The molecule has 1 aliphatic carbocycles. The Kier molecular flexibility index (Phi) is 2.75. The van der Waals surface area contributed by atoms with Gasteiger partial charge in [-0.15, -0.1) is 0 Å². The molecule has 2 unspecified atom stereocenters. The zero-order valence-electron chi connectivity index (χ0n) is 6.60. The van der Waals surface area contributed by atoms with E-state index < -0.39 is 10.8 Å². The van der Waals surface area contributed by atoms with Crippen LogP contribution >= 0.6 is 0 Å². The van der Waals surface area contributed by atoms with Crippen LogP contribution in [0.15, 0.2) is 0 Å². The summed E-state index contributed by atoms with van der Waals surface area (Å²) in [6.07, 6.45) is 0.925. The van der Waals surface area contributed by atoms with Gasteiger partial charge in [-0.1, -0.05) is 0 Å². The van der Waals surface area contributed by atoms with Crippen molar-refractivity contribution in [2.75, 3.05) is 13.2 Å². The lowest BCUT2D eigenvalue weighted by atomic mass is 9.97. The van der Waals surface area contributed by atoms with Crippen LogP contribution in [0.2, 0.25) is 0 Å². The summed E-state index contributed by atoms with van der Waals surface area (Å²) in [7, 11) is 0. The van der Waals surface area contributed by atoms with Gasteiger partial charge in [-0.3, -0.25) is 14.9 Å². The second-order valence-corrected chi connectivity index (χ2v) is 3.07. The summed E-state index contributed by atoms with van der Waals surface area (Å²) in [5.74, 6) is -0.780. The fourth-order valence-electron chi connectivity index (χ4n) is 1.64. The summed E-state index contributed by atoms with van der Waals surface area (Å²) >= 11 is 0. The fraction of sp³-hybridized carbons (Fsp3) is 0.857. The molecule has 1 saturated carbocycles. The number of carbonyl (C=O) groups excluding carboxylic acids is 1. The molecule has 0 saturated heterocycles. The van der Waals surface area contributed by atoms with E-state index in [9.17, 15) is 14.9 Å². The maximum Gasteiger partial charge on any atom is 0.207 e. The van der Waals surface area contributed by atoms with Crippen LogP contribution in [-0.2, 0) is 4.79 Å². The molecule has 0 aromatic carbocycles. The molecule has 1 aliphatic rings. The fourth-order valence-corrected chi connectivity index (χ4v) is 1.64. The summed E-state index contributed by atoms with van der Waals surface area (Å²) in [6.45, 7) is -0.450. The van der Waals surface area contributed by atoms with Gasteiger partial charge < -0.3 is 5.11 Å². The number of aliphatic hydroxyl groups is 1. The predicted molar refractivity (Wildman–Crippen MR) is 40.2 cm³/mol. The minimum absolute atomic E-state index is 0.0376. The standard InChI is InChI=1S/C7H11NO4/c9-4-6-5(3-8(11)12)1-2-7(6)10/h5-6,9H,1-4H2. The molecule has 5 nitrogen and oxygen atoms in total. The van der Waals surface area contributed by atoms with Gasteiger partial charge in [-0.25, -0.2) is 0 Å². The highest BCUT2D eigenvalue weighted by Crippen LogP contribution is 2.28. The zero-order chi connectivity index (χ0) is 9.14. The summed E-state index contributed by atoms with van der Waals surface area (Å²) in [6, 6.07) is 0. The van der Waals surface area contributed by atoms with Crippen molar-refractivity contribution in [3.05, 3.63) is 10.1 Å². The smallest absolute Gasteiger partial charge is 0.207 e. The van der Waals surface area contributed by atoms with Gasteiger partial charge in [0, 0.05) is 23.2 Å². The van der Waals surface area contributed by atoms with Gasteiger partial charge in [0.2, 0.25) is 6.54 Å². The normalized spacial score (nSPS) is 29.2. The number of aliphatic hydroxyl groups excluding tert-OH is 1. The highest BCUT2D eigenvalue weighted by Gasteiger charge is 2.36. The number of hydrogen-bond donors (Lipinski definition) is 1. The molecule has 0 bridgehead atoms. The summed E-state index contributed by atoms with van der Waals surface area (Å²) in [4.78, 5) is 20.7. The number of rotatable bonds is 3. The molecular weight excluding hydrogens is 162 g/mol. The minimum atomic E-state index is -0.490. The van der Waals surface area contributed by atoms with E-state index in [1.807, 2.05) is 0 Å². The molecular formula is C7H11NO4. The lowest BCUT2D eigenvalue weighted by Gasteiger charge is -2.10. The van der Waals surface area contributed by atoms with Gasteiger partial charge >= 0.3 is 0 Å². The Hall–Kier alpha value is -0.970. The van der Waals surface area contributed by atoms with Crippen LogP contribution in [0.3, 0.4) is 0 Å². The minimum Gasteiger partial charge on any atom is -0.396 e. The topological polar surface area (TPSA) is 80.4 Å². The first-order chi connectivity index (χ1) is 5.65. The first-order valence-corrected chi connectivity index (χ1v) is 3.90. The number of nitrogens with zero attached hydrogens (tertiary/aromatic N) is 1. The maximum absolute atomic E-state index is 11.0. The van der Waals surface area contributed by atoms with E-state index in [0.717, 1.165) is 0 Å². The van der Waals surface area contributed by atoms with Crippen LogP contribution in [0.5, 0.6) is 0 Å². The average Bonchev–Trinajstić information content (AvgIpc) is 2.30. The van der Waals surface area contributed by atoms with Crippen LogP contribution in [0, 0.1) is 22.0 Å². The zero-order valence-corrected chi connectivity index (χ0v) is 6.60. The average molecular weight is 173 g/mol. The molecule has 1 N–H and O–H groups in total. The Bertz CT molecular complexity index is 204. The third kappa shape index (κ3) is 1.79. The maximum atomic E-state index is 11.0. The molecule has 1 fully saturated rings. The molecule has 0 spiro atoms. The molecule has 1 rings (SSSR count). The monoisotopic (exact) mass is 173 g/mol. The first kappa shape index (κ1) is 9.12. The van der Waals surface area contributed by atoms with Crippen molar-refractivity contribution in [3.8, 4) is 0 Å². The largest absolute Gasteiger partial charge is 0.396 e. The van der Waals surface area contributed by atoms with Crippen LogP contribution in [0.4, 0.5) is 0 Å². The lowest BCUT2D eigenvalue weighted by molar-refractivity contribution is -0.489. The number of carbonyl (C=O) groups is 1. The van der Waals surface area contributed by atoms with E-state index in [4.69, 9.17) is 5.11 Å². The SMILES string of the molecule is O=C1CCC(C[N+](=O)[O-])C1CO. The highest BCUT2D eigenvalue weighted by atomic mass is 16.6. The molecule has 2 atom stereocenters. The highest BCUT2D eigenvalue weighted by molar-refractivity contribution is 5.83. The second kappa shape index (κ2) is 3.62. The van der Waals surface area contributed by atoms with E-state index in [-0.39, 0.29) is 24.9 Å². The van der Waals surface area contributed by atoms with Crippen molar-refractivity contribution in [3.63, 3.8) is 0 Å². The van der Waals surface area contributed by atoms with E-state index in [1.54, 1.807) is 0 Å². The van der Waals surface area contributed by atoms with Crippen molar-refractivity contribution in [2.24, 2.45) is 11.8 Å². The number of Topliss-reactive ketones (excluding diaryl/α,β-unsaturated/α-hetero) is 1. The third-order valence-corrected chi connectivity index (χ3v) is 2.32.